The molecule has 36 heavy (non-hydrogen) atoms. The van der Waals surface area contributed by atoms with Gasteiger partial charge >= 0.3 is 0 Å². The van der Waals surface area contributed by atoms with Gasteiger partial charge in [0.25, 0.3) is 11.8 Å². The van der Waals surface area contributed by atoms with Crippen LogP contribution in [0.15, 0.2) is 42.5 Å². The first kappa shape index (κ1) is 23.0. The maximum absolute atomic E-state index is 14.0. The van der Waals surface area contributed by atoms with Crippen molar-refractivity contribution in [2.75, 3.05) is 19.8 Å². The van der Waals surface area contributed by atoms with E-state index in [4.69, 9.17) is 9.47 Å². The topological polar surface area (TPSA) is 80.8 Å². The van der Waals surface area contributed by atoms with E-state index in [1.54, 1.807) is 23.5 Å². The van der Waals surface area contributed by atoms with Crippen LogP contribution in [0.3, 0.4) is 0 Å². The van der Waals surface area contributed by atoms with Crippen LogP contribution in [0, 0.1) is 19.8 Å². The highest BCUT2D eigenvalue weighted by molar-refractivity contribution is 7.15. The average molecular weight is 504 g/mol. The van der Waals surface area contributed by atoms with Gasteiger partial charge in [-0.05, 0) is 56.7 Å². The van der Waals surface area contributed by atoms with Crippen molar-refractivity contribution in [3.8, 4) is 21.9 Å². The van der Waals surface area contributed by atoms with Crippen LogP contribution in [0.1, 0.15) is 50.7 Å². The molecule has 1 aromatic heterocycles. The molecule has 2 amide bonds. The molecule has 2 bridgehead atoms. The first-order valence-corrected chi connectivity index (χ1v) is 13.3. The molecule has 2 fully saturated rings. The lowest BCUT2D eigenvalue weighted by atomic mass is 9.97. The van der Waals surface area contributed by atoms with Crippen molar-refractivity contribution in [3.63, 3.8) is 0 Å². The predicted molar refractivity (Wildman–Crippen MR) is 138 cm³/mol. The monoisotopic (exact) mass is 503 g/mol. The number of aromatic nitrogens is 1. The van der Waals surface area contributed by atoms with E-state index < -0.39 is 0 Å². The number of hydrogen-bond donors (Lipinski definition) is 1. The number of carbonyl (C=O) groups excluding carboxylic acids is 2. The highest BCUT2D eigenvalue weighted by Crippen LogP contribution is 2.44. The van der Waals surface area contributed by atoms with Crippen molar-refractivity contribution in [1.82, 2.24) is 15.2 Å². The zero-order valence-corrected chi connectivity index (χ0v) is 21.3. The van der Waals surface area contributed by atoms with Crippen LogP contribution >= 0.6 is 11.3 Å². The van der Waals surface area contributed by atoms with Crippen LogP contribution in [0.25, 0.3) is 10.4 Å². The van der Waals surface area contributed by atoms with Gasteiger partial charge in [-0.3, -0.25) is 9.59 Å². The molecular formula is C28H29N3O4S. The number of piperidine rings is 1. The van der Waals surface area contributed by atoms with Gasteiger partial charge in [-0.2, -0.15) is 0 Å². The summed E-state index contributed by atoms with van der Waals surface area (Å²) in [4.78, 5) is 34.7. The van der Waals surface area contributed by atoms with Gasteiger partial charge < -0.3 is 19.7 Å². The lowest BCUT2D eigenvalue weighted by Gasteiger charge is -2.35. The smallest absolute Gasteiger partial charge is 0.274 e. The summed E-state index contributed by atoms with van der Waals surface area (Å²) in [6.07, 6.45) is 3.06. The molecular weight excluding hydrogens is 474 g/mol. The number of likely N-dealkylation sites (tertiary alicyclic amines) is 1. The summed E-state index contributed by atoms with van der Waals surface area (Å²) in [6, 6.07) is 13.7. The van der Waals surface area contributed by atoms with E-state index in [1.165, 1.54) is 0 Å². The quantitative estimate of drug-likeness (QED) is 0.550. The Morgan fingerprint density at radius 3 is 2.81 bits per heavy atom. The molecule has 3 aromatic rings. The fraction of sp³-hybridized carbons (Fsp3) is 0.393. The number of ether oxygens (including phenoxy) is 2. The molecule has 1 saturated heterocycles. The van der Waals surface area contributed by atoms with Crippen molar-refractivity contribution >= 4 is 23.2 Å². The van der Waals surface area contributed by atoms with Crippen molar-refractivity contribution in [2.24, 2.45) is 5.92 Å². The van der Waals surface area contributed by atoms with Crippen molar-refractivity contribution in [2.45, 2.75) is 45.2 Å². The molecule has 1 aliphatic carbocycles. The number of nitrogens with zero attached hydrogens (tertiary/aromatic N) is 2. The summed E-state index contributed by atoms with van der Waals surface area (Å²) in [5.74, 6) is 1.22. The molecule has 3 atom stereocenters. The van der Waals surface area contributed by atoms with Gasteiger partial charge in [-0.1, -0.05) is 35.9 Å². The number of thiazole rings is 1. The standard InChI is InChI=1S/C28H29N3O4S/c1-16-5-3-6-19(13-16)26-24(30-17(2)36-26)28(33)31-20-10-9-18(14-20)22(31)15-29-27(32)21-7-4-8-23-25(21)35-12-11-34-23/h3-8,13,18,20,22H,9-12,14-15H2,1-2H3,(H,29,32)/t18-,20+,22+/m0/s1. The first-order chi connectivity index (χ1) is 17.5. The van der Waals surface area contributed by atoms with Crippen LogP contribution in [-0.2, 0) is 0 Å². The second-order valence-electron chi connectivity index (χ2n) is 9.83. The molecule has 2 aliphatic heterocycles. The fourth-order valence-electron chi connectivity index (χ4n) is 5.89. The Hall–Kier alpha value is -3.39. The SMILES string of the molecule is Cc1cccc(-c2sc(C)nc2C(=O)N2[C@@H]3CC[C@@H](C3)[C@H]2CNC(=O)c2cccc3c2OCCO3)c1. The summed E-state index contributed by atoms with van der Waals surface area (Å²) >= 11 is 1.56. The van der Waals surface area contributed by atoms with E-state index in [-0.39, 0.29) is 23.9 Å². The minimum atomic E-state index is -0.211. The van der Waals surface area contributed by atoms with E-state index in [9.17, 15) is 9.59 Å². The number of para-hydroxylation sites is 1. The Labute approximate surface area is 214 Å². The minimum Gasteiger partial charge on any atom is -0.486 e. The van der Waals surface area contributed by atoms with Gasteiger partial charge in [0, 0.05) is 12.6 Å². The second-order valence-corrected chi connectivity index (χ2v) is 11.0. The molecule has 186 valence electrons. The number of fused-ring (bicyclic) bond motifs is 3. The van der Waals surface area contributed by atoms with Crippen molar-refractivity contribution in [3.05, 3.63) is 64.3 Å². The summed E-state index contributed by atoms with van der Waals surface area (Å²) < 4.78 is 11.3. The van der Waals surface area contributed by atoms with Gasteiger partial charge in [0.2, 0.25) is 0 Å². The highest BCUT2D eigenvalue weighted by atomic mass is 32.1. The van der Waals surface area contributed by atoms with Crippen molar-refractivity contribution in [1.29, 1.82) is 0 Å². The highest BCUT2D eigenvalue weighted by Gasteiger charge is 2.49. The van der Waals surface area contributed by atoms with E-state index in [2.05, 4.69) is 29.4 Å². The zero-order chi connectivity index (χ0) is 24.8. The number of hydrogen-bond acceptors (Lipinski definition) is 6. The Morgan fingerprint density at radius 2 is 1.94 bits per heavy atom. The molecule has 8 heteroatoms. The summed E-state index contributed by atoms with van der Waals surface area (Å²) in [7, 11) is 0. The third-order valence-corrected chi connectivity index (χ3v) is 8.49. The molecule has 3 heterocycles. The van der Waals surface area contributed by atoms with Gasteiger partial charge in [0.05, 0.1) is 21.5 Å². The molecule has 6 rings (SSSR count). The van der Waals surface area contributed by atoms with E-state index >= 15 is 0 Å². The number of aryl methyl sites for hydroxylation is 2. The Morgan fingerprint density at radius 1 is 1.11 bits per heavy atom. The van der Waals surface area contributed by atoms with E-state index in [0.29, 0.717) is 48.4 Å². The van der Waals surface area contributed by atoms with Crippen LogP contribution in [0.2, 0.25) is 0 Å². The van der Waals surface area contributed by atoms with E-state index in [0.717, 1.165) is 40.3 Å². The number of amides is 2. The maximum Gasteiger partial charge on any atom is 0.274 e. The molecule has 0 spiro atoms. The lowest BCUT2D eigenvalue weighted by Crippen LogP contribution is -2.50. The Balaban J connectivity index is 1.24. The van der Waals surface area contributed by atoms with Crippen molar-refractivity contribution < 1.29 is 19.1 Å². The number of rotatable bonds is 5. The maximum atomic E-state index is 14.0. The molecule has 1 saturated carbocycles. The molecule has 7 nitrogen and oxygen atoms in total. The van der Waals surface area contributed by atoms with Crippen LogP contribution < -0.4 is 14.8 Å². The van der Waals surface area contributed by atoms with E-state index in [1.807, 2.05) is 30.0 Å². The van der Waals surface area contributed by atoms with Crippen LogP contribution in [0.5, 0.6) is 11.5 Å². The second kappa shape index (κ2) is 9.24. The molecule has 0 radical (unpaired) electrons. The van der Waals surface area contributed by atoms with Gasteiger partial charge in [-0.15, -0.1) is 11.3 Å². The lowest BCUT2D eigenvalue weighted by molar-refractivity contribution is 0.0577. The van der Waals surface area contributed by atoms with Crippen LogP contribution in [0.4, 0.5) is 0 Å². The fourth-order valence-corrected chi connectivity index (χ4v) is 6.80. The summed E-state index contributed by atoms with van der Waals surface area (Å²) in [5.41, 5.74) is 3.16. The molecule has 3 aliphatic rings. The number of nitrogens with one attached hydrogen (secondary N) is 1. The Bertz CT molecular complexity index is 1340. The number of benzene rings is 2. The largest absolute Gasteiger partial charge is 0.486 e. The number of carbonyl (C=O) groups is 2. The molecule has 2 aromatic carbocycles. The molecule has 0 unspecified atom stereocenters. The third kappa shape index (κ3) is 4.03. The van der Waals surface area contributed by atoms with Gasteiger partial charge in [0.1, 0.15) is 18.9 Å². The molecule has 1 N–H and O–H groups in total. The summed E-state index contributed by atoms with van der Waals surface area (Å²) in [6.45, 7) is 5.29. The normalized spacial score (nSPS) is 22.1. The Kier molecular flexibility index (Phi) is 5.91. The zero-order valence-electron chi connectivity index (χ0n) is 20.5. The summed E-state index contributed by atoms with van der Waals surface area (Å²) in [5, 5.41) is 3.96. The average Bonchev–Trinajstić information content (AvgIpc) is 3.61. The first-order valence-electron chi connectivity index (χ1n) is 12.5. The third-order valence-electron chi connectivity index (χ3n) is 7.47. The van der Waals surface area contributed by atoms with Crippen LogP contribution in [-0.4, -0.2) is 53.5 Å². The van der Waals surface area contributed by atoms with Gasteiger partial charge in [-0.25, -0.2) is 4.98 Å². The minimum absolute atomic E-state index is 0.0314. The predicted octanol–water partition coefficient (Wildman–Crippen LogP) is 4.62. The van der Waals surface area contributed by atoms with Gasteiger partial charge in [0.15, 0.2) is 11.5 Å².